The lowest BCUT2D eigenvalue weighted by atomic mass is 10.2. The molecule has 3 nitrogen and oxygen atoms in total. The zero-order valence-corrected chi connectivity index (χ0v) is 6.04. The molecule has 4 heteroatoms. The second kappa shape index (κ2) is 2.14. The molecule has 12 heavy (non-hydrogen) atoms. The molecule has 0 atom stereocenters. The van der Waals surface area contributed by atoms with Crippen molar-refractivity contribution in [3.8, 4) is 0 Å². The van der Waals surface area contributed by atoms with E-state index >= 15 is 0 Å². The van der Waals surface area contributed by atoms with E-state index in [4.69, 9.17) is 5.73 Å². The first-order chi connectivity index (χ1) is 5.66. The highest BCUT2D eigenvalue weighted by Gasteiger charge is 2.06. The fourth-order valence-electron chi connectivity index (χ4n) is 1.15. The Labute approximate surface area is 67.0 Å². The number of hydrogen-bond donors (Lipinski definition) is 1. The monoisotopic (exact) mass is 164 g/mol. The number of halogens is 1. The highest BCUT2D eigenvalue weighted by molar-refractivity contribution is 6.07. The lowest BCUT2D eigenvalue weighted by Gasteiger charge is -1.91. The number of nitrogens with zero attached hydrogens (tertiary/aromatic N) is 1. The maximum Gasteiger partial charge on any atom is 0.271 e. The van der Waals surface area contributed by atoms with Gasteiger partial charge in [-0.05, 0) is 6.07 Å². The number of nitrogens with two attached hydrogens (primary N) is 1. The number of fused-ring (bicyclic) bond motifs is 1. The van der Waals surface area contributed by atoms with Crippen LogP contribution in [-0.2, 0) is 4.79 Å². The number of rotatable bonds is 0. The number of carbonyl (C=O) groups is 1. The summed E-state index contributed by atoms with van der Waals surface area (Å²) in [6, 6.07) is 2.36. The summed E-state index contributed by atoms with van der Waals surface area (Å²) in [4.78, 5) is 14.3. The zero-order valence-electron chi connectivity index (χ0n) is 6.04. The molecular weight excluding hydrogens is 159 g/mol. The van der Waals surface area contributed by atoms with Crippen LogP contribution in [0.3, 0.4) is 0 Å². The van der Waals surface area contributed by atoms with Crippen LogP contribution < -0.4 is 16.3 Å². The van der Waals surface area contributed by atoms with Crippen LogP contribution in [0.1, 0.15) is 0 Å². The van der Waals surface area contributed by atoms with Crippen LogP contribution in [0.25, 0.3) is 6.08 Å². The van der Waals surface area contributed by atoms with E-state index in [0.29, 0.717) is 10.6 Å². The molecule has 1 amide bonds. The minimum absolute atomic E-state index is 0.250. The second-order valence-electron chi connectivity index (χ2n) is 2.52. The van der Waals surface area contributed by atoms with Crippen LogP contribution in [-0.4, -0.2) is 5.91 Å². The van der Waals surface area contributed by atoms with E-state index in [9.17, 15) is 9.18 Å². The number of anilines is 1. The molecule has 1 aromatic carbocycles. The fourth-order valence-corrected chi connectivity index (χ4v) is 1.15. The van der Waals surface area contributed by atoms with Gasteiger partial charge in [-0.15, -0.1) is 0 Å². The molecule has 1 aliphatic heterocycles. The predicted octanol–water partition coefficient (Wildman–Crippen LogP) is -0.652. The second-order valence-corrected chi connectivity index (χ2v) is 2.52. The molecule has 0 bridgehead atoms. The molecular formula is C8H5FN2O. The van der Waals surface area contributed by atoms with Crippen LogP contribution >= 0.6 is 0 Å². The van der Waals surface area contributed by atoms with Crippen LogP contribution in [0.4, 0.5) is 10.1 Å². The van der Waals surface area contributed by atoms with Crippen molar-refractivity contribution in [2.45, 2.75) is 0 Å². The predicted molar refractivity (Wildman–Crippen MR) is 41.1 cm³/mol. The molecule has 1 aromatic rings. The molecule has 0 saturated heterocycles. The maximum atomic E-state index is 12.7. The van der Waals surface area contributed by atoms with Gasteiger partial charge in [0.25, 0.3) is 5.91 Å². The van der Waals surface area contributed by atoms with Crippen molar-refractivity contribution in [2.24, 2.45) is 4.99 Å². The number of benzene rings is 1. The van der Waals surface area contributed by atoms with Gasteiger partial charge in [-0.3, -0.25) is 4.79 Å². The average Bonchev–Trinajstić information content (AvgIpc) is 2.29. The summed E-state index contributed by atoms with van der Waals surface area (Å²) < 4.78 is 12.7. The van der Waals surface area contributed by atoms with Gasteiger partial charge in [0.15, 0.2) is 0 Å². The third kappa shape index (κ3) is 0.887. The Bertz CT molecular complexity index is 479. The molecule has 0 saturated carbocycles. The van der Waals surface area contributed by atoms with Gasteiger partial charge in [0, 0.05) is 23.0 Å². The van der Waals surface area contributed by atoms with Crippen molar-refractivity contribution in [3.63, 3.8) is 0 Å². The molecule has 0 unspecified atom stereocenters. The Balaban J connectivity index is 2.95. The van der Waals surface area contributed by atoms with Gasteiger partial charge < -0.3 is 5.73 Å². The lowest BCUT2D eigenvalue weighted by molar-refractivity contribution is -0.112. The molecule has 1 aliphatic rings. The minimum Gasteiger partial charge on any atom is -0.398 e. The van der Waals surface area contributed by atoms with Crippen LogP contribution in [0.5, 0.6) is 0 Å². The van der Waals surface area contributed by atoms with Gasteiger partial charge in [-0.25, -0.2) is 9.38 Å². The van der Waals surface area contributed by atoms with E-state index in [2.05, 4.69) is 4.99 Å². The van der Waals surface area contributed by atoms with Crippen molar-refractivity contribution in [1.29, 1.82) is 0 Å². The molecule has 60 valence electrons. The van der Waals surface area contributed by atoms with Crippen LogP contribution in [0, 0.1) is 5.82 Å². The summed E-state index contributed by atoms with van der Waals surface area (Å²) in [6.07, 6.45) is 1.30. The van der Waals surface area contributed by atoms with E-state index in [1.165, 1.54) is 18.2 Å². The molecule has 2 rings (SSSR count). The van der Waals surface area contributed by atoms with E-state index in [1.807, 2.05) is 0 Å². The summed E-state index contributed by atoms with van der Waals surface area (Å²) in [7, 11) is 0. The van der Waals surface area contributed by atoms with Crippen molar-refractivity contribution in [3.05, 3.63) is 28.5 Å². The number of nitrogen functional groups attached to an aromatic ring is 1. The quantitative estimate of drug-likeness (QED) is 0.518. The summed E-state index contributed by atoms with van der Waals surface area (Å²) >= 11 is 0. The normalized spacial score (nSPS) is 13.6. The van der Waals surface area contributed by atoms with Crippen molar-refractivity contribution in [2.75, 3.05) is 5.73 Å². The van der Waals surface area contributed by atoms with Gasteiger partial charge in [-0.2, -0.15) is 0 Å². The van der Waals surface area contributed by atoms with Gasteiger partial charge in [0.2, 0.25) is 0 Å². The van der Waals surface area contributed by atoms with Gasteiger partial charge in [0.05, 0.1) is 5.36 Å². The number of amides is 1. The fraction of sp³-hybridized carbons (Fsp3) is 0. The van der Waals surface area contributed by atoms with Gasteiger partial charge >= 0.3 is 0 Å². The summed E-state index contributed by atoms with van der Waals surface area (Å²) in [5, 5.41) is 0.832. The number of carbonyl (C=O) groups excluding carboxylic acids is 1. The summed E-state index contributed by atoms with van der Waals surface area (Å²) in [6.45, 7) is 0. The maximum absolute atomic E-state index is 12.7. The summed E-state index contributed by atoms with van der Waals surface area (Å²) in [5.74, 6) is -0.861. The topological polar surface area (TPSA) is 55.5 Å². The Hall–Kier alpha value is -1.71. The molecule has 1 heterocycles. The standard InChI is InChI=1S/C8H5FN2O/c9-4-1-6(10)5-3-8(12)11-7(5)2-4/h1-3H,10H2. The molecule has 2 N–H and O–H groups in total. The molecule has 0 spiro atoms. The molecule has 0 fully saturated rings. The van der Waals surface area contributed by atoms with Crippen molar-refractivity contribution < 1.29 is 9.18 Å². The smallest absolute Gasteiger partial charge is 0.271 e. The zero-order chi connectivity index (χ0) is 8.72. The minimum atomic E-state index is -0.474. The highest BCUT2D eigenvalue weighted by atomic mass is 19.1. The van der Waals surface area contributed by atoms with Crippen molar-refractivity contribution in [1.82, 2.24) is 0 Å². The summed E-state index contributed by atoms with van der Waals surface area (Å²) in [5.41, 5.74) is 5.70. The molecule has 0 aliphatic carbocycles. The largest absolute Gasteiger partial charge is 0.398 e. The highest BCUT2D eigenvalue weighted by Crippen LogP contribution is 1.97. The first-order valence-corrected chi connectivity index (χ1v) is 3.36. The van der Waals surface area contributed by atoms with Crippen LogP contribution in [0.2, 0.25) is 0 Å². The SMILES string of the molecule is Nc1cc(F)cc2c1=CC(=O)N=2. The first-order valence-electron chi connectivity index (χ1n) is 3.36. The first kappa shape index (κ1) is 6.97. The van der Waals surface area contributed by atoms with Crippen LogP contribution in [0.15, 0.2) is 17.1 Å². The molecule has 0 radical (unpaired) electrons. The third-order valence-corrected chi connectivity index (χ3v) is 1.65. The van der Waals surface area contributed by atoms with E-state index in [-0.39, 0.29) is 11.6 Å². The lowest BCUT2D eigenvalue weighted by Crippen LogP contribution is -2.25. The Morgan fingerprint density at radius 1 is 1.42 bits per heavy atom. The Morgan fingerprint density at radius 3 is 2.92 bits per heavy atom. The van der Waals surface area contributed by atoms with Crippen molar-refractivity contribution >= 4 is 17.7 Å². The number of hydrogen-bond acceptors (Lipinski definition) is 2. The van der Waals surface area contributed by atoms with Gasteiger partial charge in [0.1, 0.15) is 5.82 Å². The third-order valence-electron chi connectivity index (χ3n) is 1.65. The van der Waals surface area contributed by atoms with Gasteiger partial charge in [-0.1, -0.05) is 0 Å². The van der Waals surface area contributed by atoms with E-state index in [1.54, 1.807) is 0 Å². The van der Waals surface area contributed by atoms with E-state index < -0.39 is 5.82 Å². The average molecular weight is 164 g/mol. The molecule has 0 aromatic heterocycles. The Kier molecular flexibility index (Phi) is 1.24. The Morgan fingerprint density at radius 2 is 2.17 bits per heavy atom. The van der Waals surface area contributed by atoms with E-state index in [0.717, 1.165) is 0 Å².